The summed E-state index contributed by atoms with van der Waals surface area (Å²) in [4.78, 5) is 45.9. The van der Waals surface area contributed by atoms with E-state index in [1.54, 1.807) is 55.5 Å². The fourth-order valence-corrected chi connectivity index (χ4v) is 5.20. The average molecular weight is 603 g/mol. The van der Waals surface area contributed by atoms with E-state index in [2.05, 4.69) is 16.9 Å². The number of allylic oxidation sites excluding steroid dienone is 4. The number of rotatable bonds is 11. The quantitative estimate of drug-likeness (QED) is 0.164. The second-order valence-electron chi connectivity index (χ2n) is 9.30. The fraction of sp³-hybridized carbons (Fsp3) is 0.114. The van der Waals surface area contributed by atoms with Gasteiger partial charge in [0.25, 0.3) is 11.8 Å². The summed E-state index contributed by atoms with van der Waals surface area (Å²) in [5, 5.41) is 12.1. The third-order valence-corrected chi connectivity index (χ3v) is 7.36. The summed E-state index contributed by atoms with van der Waals surface area (Å²) in [7, 11) is 0. The molecule has 44 heavy (non-hydrogen) atoms. The normalized spacial score (nSPS) is 14.5. The van der Waals surface area contributed by atoms with E-state index in [4.69, 9.17) is 10.00 Å². The summed E-state index contributed by atoms with van der Waals surface area (Å²) in [6.45, 7) is 5.25. The summed E-state index contributed by atoms with van der Waals surface area (Å²) in [5.74, 6) is -1.42. The van der Waals surface area contributed by atoms with E-state index in [0.29, 0.717) is 17.0 Å². The number of aliphatic imine (C=N–C) groups is 1. The van der Waals surface area contributed by atoms with Gasteiger partial charge < -0.3 is 10.1 Å². The lowest BCUT2D eigenvalue weighted by atomic mass is 9.99. The topological polar surface area (TPSA) is 112 Å². The molecule has 0 unspecified atom stereocenters. The number of amides is 3. The van der Waals surface area contributed by atoms with Crippen molar-refractivity contribution in [2.24, 2.45) is 4.99 Å². The highest BCUT2D eigenvalue weighted by Crippen LogP contribution is 2.29. The molecule has 3 aromatic rings. The molecular weight excluding hydrogens is 572 g/mol. The largest absolute Gasteiger partial charge is 0.478 e. The van der Waals surface area contributed by atoms with Crippen LogP contribution in [0, 0.1) is 11.3 Å². The Kier molecular flexibility index (Phi) is 11.2. The summed E-state index contributed by atoms with van der Waals surface area (Å²) in [5.41, 5.74) is 2.53. The first-order valence-electron chi connectivity index (χ1n) is 13.7. The predicted octanol–water partition coefficient (Wildman–Crippen LogP) is 5.98. The number of ether oxygens (including phenoxy) is 1. The van der Waals surface area contributed by atoms with Gasteiger partial charge in [0.05, 0.1) is 11.8 Å². The van der Waals surface area contributed by atoms with Gasteiger partial charge in [0.15, 0.2) is 11.8 Å². The van der Waals surface area contributed by atoms with E-state index in [9.17, 15) is 14.4 Å². The number of benzene rings is 3. The highest BCUT2D eigenvalue weighted by Gasteiger charge is 2.35. The molecule has 1 aliphatic rings. The van der Waals surface area contributed by atoms with Crippen molar-refractivity contribution in [1.82, 2.24) is 10.2 Å². The van der Waals surface area contributed by atoms with Gasteiger partial charge in [0.2, 0.25) is 5.91 Å². The van der Waals surface area contributed by atoms with Gasteiger partial charge >= 0.3 is 0 Å². The molecular formula is C35H30N4O4S. The van der Waals surface area contributed by atoms with Crippen LogP contribution in [0.2, 0.25) is 0 Å². The Morgan fingerprint density at radius 1 is 1.05 bits per heavy atom. The highest BCUT2D eigenvalue weighted by molar-refractivity contribution is 8.14. The van der Waals surface area contributed by atoms with Gasteiger partial charge in [0.1, 0.15) is 17.4 Å². The van der Waals surface area contributed by atoms with E-state index in [1.807, 2.05) is 66.7 Å². The van der Waals surface area contributed by atoms with Crippen LogP contribution in [0.25, 0.3) is 6.08 Å². The lowest BCUT2D eigenvalue weighted by Crippen LogP contribution is -2.42. The van der Waals surface area contributed by atoms with Gasteiger partial charge in [-0.15, -0.1) is 0 Å². The number of amidine groups is 1. The van der Waals surface area contributed by atoms with Gasteiger partial charge in [-0.25, -0.2) is 0 Å². The van der Waals surface area contributed by atoms with Crippen LogP contribution in [0.1, 0.15) is 29.7 Å². The zero-order chi connectivity index (χ0) is 31.3. The molecule has 0 fully saturated rings. The molecule has 0 bridgehead atoms. The molecule has 3 amide bonds. The van der Waals surface area contributed by atoms with Crippen molar-refractivity contribution in [3.05, 3.63) is 144 Å². The Hall–Kier alpha value is -5.46. The van der Waals surface area contributed by atoms with Crippen LogP contribution in [0.15, 0.2) is 132 Å². The summed E-state index contributed by atoms with van der Waals surface area (Å²) < 4.78 is 5.47. The van der Waals surface area contributed by atoms with Gasteiger partial charge in [-0.3, -0.25) is 19.3 Å². The molecule has 1 heterocycles. The summed E-state index contributed by atoms with van der Waals surface area (Å²) >= 11 is 0.987. The Morgan fingerprint density at radius 3 is 2.30 bits per heavy atom. The minimum Gasteiger partial charge on any atom is -0.478 e. The van der Waals surface area contributed by atoms with E-state index in [0.717, 1.165) is 22.9 Å². The highest BCUT2D eigenvalue weighted by atomic mass is 32.2. The Balaban J connectivity index is 1.63. The van der Waals surface area contributed by atoms with Crippen molar-refractivity contribution in [1.29, 1.82) is 5.26 Å². The van der Waals surface area contributed by atoms with Crippen LogP contribution in [0.3, 0.4) is 0 Å². The molecule has 0 saturated heterocycles. The number of nitriles is 1. The number of nitrogens with zero attached hydrogens (tertiary/aromatic N) is 3. The first-order valence-corrected chi connectivity index (χ1v) is 14.7. The van der Waals surface area contributed by atoms with Gasteiger partial charge in [0, 0.05) is 11.3 Å². The van der Waals surface area contributed by atoms with Crippen LogP contribution < -0.4 is 10.1 Å². The van der Waals surface area contributed by atoms with Crippen LogP contribution in [-0.4, -0.2) is 40.1 Å². The van der Waals surface area contributed by atoms with Gasteiger partial charge in [-0.1, -0.05) is 115 Å². The molecule has 0 radical (unpaired) electrons. The molecule has 4 rings (SSSR count). The third kappa shape index (κ3) is 7.88. The van der Waals surface area contributed by atoms with E-state index >= 15 is 0 Å². The lowest BCUT2D eigenvalue weighted by Gasteiger charge is -2.28. The number of hydrogen-bond acceptors (Lipinski definition) is 6. The minimum absolute atomic E-state index is 0.0686. The lowest BCUT2D eigenvalue weighted by molar-refractivity contribution is -0.126. The van der Waals surface area contributed by atoms with Crippen LogP contribution in [-0.2, 0) is 14.4 Å². The van der Waals surface area contributed by atoms with Gasteiger partial charge in [-0.05, 0) is 36.3 Å². The maximum absolute atomic E-state index is 13.9. The summed E-state index contributed by atoms with van der Waals surface area (Å²) in [6, 6.07) is 27.5. The molecule has 220 valence electrons. The second-order valence-corrected chi connectivity index (χ2v) is 10.2. The second kappa shape index (κ2) is 15.7. The van der Waals surface area contributed by atoms with E-state index < -0.39 is 17.9 Å². The molecule has 0 spiro atoms. The number of nitrogens with one attached hydrogen (secondary N) is 1. The van der Waals surface area contributed by atoms with Crippen LogP contribution >= 0.6 is 11.8 Å². The molecule has 0 aromatic heterocycles. The van der Waals surface area contributed by atoms with Crippen molar-refractivity contribution in [2.75, 3.05) is 12.4 Å². The Morgan fingerprint density at radius 2 is 1.68 bits per heavy atom. The number of carbonyl (C=O) groups is 3. The van der Waals surface area contributed by atoms with Crippen molar-refractivity contribution >= 4 is 40.7 Å². The maximum Gasteiger partial charge on any atom is 0.285 e. The molecule has 0 atom stereocenters. The Labute approximate surface area is 260 Å². The standard InChI is InChI=1S/C35H30N4O4S/c1-3-5-19-28(4-2)39-34(42)29(23-27-18-12-13-20-30(27)43-22-21-36)33(41)38-35(39)44-24-31(40)37-32(25-14-8-6-9-15-25)26-16-10-7-11-17-26/h3-20,23,32H,1,22,24H2,2H3,(H,37,40)/b19-5-,28-4+,29-23+. The van der Waals surface area contributed by atoms with E-state index in [-0.39, 0.29) is 29.0 Å². The monoisotopic (exact) mass is 602 g/mol. The summed E-state index contributed by atoms with van der Waals surface area (Å²) in [6.07, 6.45) is 7.99. The number of carbonyl (C=O) groups excluding carboxylic acids is 3. The van der Waals surface area contributed by atoms with Crippen LogP contribution in [0.5, 0.6) is 5.75 Å². The number of thioether (sulfide) groups is 1. The van der Waals surface area contributed by atoms with Crippen molar-refractivity contribution in [3.63, 3.8) is 0 Å². The molecule has 0 saturated carbocycles. The first kappa shape index (κ1) is 31.5. The SMILES string of the molecule is C=C/C=C\C(=C/C)N1C(=O)/C(=C/c2ccccc2OCC#N)C(=O)N=C1SCC(=O)NC(c1ccccc1)c1ccccc1. The fourth-order valence-electron chi connectivity index (χ4n) is 4.39. The number of para-hydroxylation sites is 1. The van der Waals surface area contributed by atoms with Crippen LogP contribution in [0.4, 0.5) is 0 Å². The maximum atomic E-state index is 13.9. The minimum atomic E-state index is -0.751. The molecule has 3 aromatic carbocycles. The van der Waals surface area contributed by atoms with Crippen molar-refractivity contribution < 1.29 is 19.1 Å². The third-order valence-electron chi connectivity index (χ3n) is 6.42. The Bertz CT molecular complexity index is 1650. The van der Waals surface area contributed by atoms with Crippen molar-refractivity contribution in [2.45, 2.75) is 13.0 Å². The molecule has 0 aliphatic carbocycles. The smallest absolute Gasteiger partial charge is 0.285 e. The average Bonchev–Trinajstić information content (AvgIpc) is 3.06. The first-order chi connectivity index (χ1) is 21.5. The molecule has 1 N–H and O–H groups in total. The zero-order valence-corrected chi connectivity index (χ0v) is 24.9. The molecule has 8 nitrogen and oxygen atoms in total. The number of hydrogen-bond donors (Lipinski definition) is 1. The van der Waals surface area contributed by atoms with Gasteiger partial charge in [-0.2, -0.15) is 10.3 Å². The zero-order valence-electron chi connectivity index (χ0n) is 24.1. The van der Waals surface area contributed by atoms with Crippen molar-refractivity contribution in [3.8, 4) is 11.8 Å². The predicted molar refractivity (Wildman–Crippen MR) is 173 cm³/mol. The van der Waals surface area contributed by atoms with E-state index in [1.165, 1.54) is 11.0 Å². The molecule has 9 heteroatoms. The molecule has 1 aliphatic heterocycles.